The lowest BCUT2D eigenvalue weighted by Gasteiger charge is -1.88. The van der Waals surface area contributed by atoms with Gasteiger partial charge in [0.05, 0.1) is 19.6 Å². The molecule has 0 saturated carbocycles. The van der Waals surface area contributed by atoms with Crippen LogP contribution >= 0.6 is 8.03 Å². The SMILES string of the molecule is O=C(O)CCO[P+](=O)c1ccccc1.OCCO. The zero-order valence-electron chi connectivity index (χ0n) is 9.73. The summed E-state index contributed by atoms with van der Waals surface area (Å²) in [6, 6.07) is 8.68. The maximum Gasteiger partial charge on any atom is 0.548 e. The molecular weight excluding hydrogens is 259 g/mol. The van der Waals surface area contributed by atoms with Crippen molar-refractivity contribution in [1.29, 1.82) is 0 Å². The quantitative estimate of drug-likeness (QED) is 0.654. The van der Waals surface area contributed by atoms with E-state index in [1.807, 2.05) is 6.07 Å². The number of hydrogen-bond donors (Lipinski definition) is 3. The van der Waals surface area contributed by atoms with Crippen LogP contribution in [0.25, 0.3) is 0 Å². The number of aliphatic hydroxyl groups is 2. The first kappa shape index (κ1) is 16.7. The lowest BCUT2D eigenvalue weighted by molar-refractivity contribution is -0.137. The van der Waals surface area contributed by atoms with Gasteiger partial charge in [0.1, 0.15) is 6.61 Å². The lowest BCUT2D eigenvalue weighted by atomic mass is 10.4. The molecule has 1 rings (SSSR count). The first-order valence-corrected chi connectivity index (χ1v) is 6.38. The van der Waals surface area contributed by atoms with Crippen LogP contribution in [0.5, 0.6) is 0 Å². The molecule has 0 bridgehead atoms. The largest absolute Gasteiger partial charge is 0.548 e. The van der Waals surface area contributed by atoms with Gasteiger partial charge in [-0.25, -0.2) is 0 Å². The van der Waals surface area contributed by atoms with E-state index >= 15 is 0 Å². The Kier molecular flexibility index (Phi) is 10.0. The van der Waals surface area contributed by atoms with Crippen LogP contribution in [-0.4, -0.2) is 41.1 Å². The third-order valence-corrected chi connectivity index (χ3v) is 2.73. The number of carboxylic acid groups (broad SMARTS) is 1. The minimum absolute atomic E-state index is 0.0283. The monoisotopic (exact) mass is 275 g/mol. The normalized spacial score (nSPS) is 10.2. The van der Waals surface area contributed by atoms with Crippen molar-refractivity contribution in [3.05, 3.63) is 30.3 Å². The average molecular weight is 275 g/mol. The zero-order valence-corrected chi connectivity index (χ0v) is 10.6. The van der Waals surface area contributed by atoms with E-state index in [-0.39, 0.29) is 26.2 Å². The summed E-state index contributed by atoms with van der Waals surface area (Å²) in [5.41, 5.74) is 0. The van der Waals surface area contributed by atoms with Crippen LogP contribution in [0, 0.1) is 0 Å². The number of hydrogen-bond acceptors (Lipinski definition) is 5. The summed E-state index contributed by atoms with van der Waals surface area (Å²) in [6.45, 7) is -0.278. The molecule has 0 aliphatic carbocycles. The van der Waals surface area contributed by atoms with Crippen molar-refractivity contribution >= 4 is 19.3 Å². The third-order valence-electron chi connectivity index (χ3n) is 1.59. The van der Waals surface area contributed by atoms with Gasteiger partial charge in [-0.15, -0.1) is 4.52 Å². The fourth-order valence-electron chi connectivity index (χ4n) is 0.840. The number of benzene rings is 1. The molecule has 0 aliphatic rings. The van der Waals surface area contributed by atoms with Gasteiger partial charge in [-0.05, 0) is 16.7 Å². The highest BCUT2D eigenvalue weighted by Crippen LogP contribution is 2.20. The van der Waals surface area contributed by atoms with Crippen molar-refractivity contribution < 1.29 is 29.2 Å². The van der Waals surface area contributed by atoms with Gasteiger partial charge in [0.2, 0.25) is 5.30 Å². The summed E-state index contributed by atoms with van der Waals surface area (Å²) >= 11 is 0. The minimum Gasteiger partial charge on any atom is -0.481 e. The van der Waals surface area contributed by atoms with Gasteiger partial charge in [0.15, 0.2) is 0 Å². The lowest BCUT2D eigenvalue weighted by Crippen LogP contribution is -2.02. The highest BCUT2D eigenvalue weighted by atomic mass is 31.1. The van der Waals surface area contributed by atoms with Crippen LogP contribution in [0.3, 0.4) is 0 Å². The molecule has 0 heterocycles. The topological polar surface area (TPSA) is 104 Å². The Morgan fingerprint density at radius 2 is 1.72 bits per heavy atom. The summed E-state index contributed by atoms with van der Waals surface area (Å²) in [4.78, 5) is 10.1. The van der Waals surface area contributed by atoms with Crippen LogP contribution in [0.2, 0.25) is 0 Å². The number of rotatable bonds is 6. The summed E-state index contributed by atoms with van der Waals surface area (Å²) < 4.78 is 16.2. The Bertz CT molecular complexity index is 352. The second-order valence-electron chi connectivity index (χ2n) is 3.02. The van der Waals surface area contributed by atoms with Crippen molar-refractivity contribution in [2.75, 3.05) is 19.8 Å². The van der Waals surface area contributed by atoms with Gasteiger partial charge in [0.25, 0.3) is 0 Å². The van der Waals surface area contributed by atoms with E-state index < -0.39 is 14.0 Å². The molecule has 0 radical (unpaired) electrons. The molecule has 0 spiro atoms. The van der Waals surface area contributed by atoms with Gasteiger partial charge in [0, 0.05) is 0 Å². The minimum atomic E-state index is -1.92. The Hall–Kier alpha value is -1.33. The molecule has 18 heavy (non-hydrogen) atoms. The summed E-state index contributed by atoms with van der Waals surface area (Å²) in [5.74, 6) is -0.957. The average Bonchev–Trinajstić information content (AvgIpc) is 2.39. The summed E-state index contributed by atoms with van der Waals surface area (Å²) in [6.07, 6.45) is -0.131. The van der Waals surface area contributed by atoms with Gasteiger partial charge in [-0.2, -0.15) is 0 Å². The Morgan fingerprint density at radius 1 is 1.17 bits per heavy atom. The van der Waals surface area contributed by atoms with E-state index in [4.69, 9.17) is 19.8 Å². The van der Waals surface area contributed by atoms with Crippen molar-refractivity contribution in [3.63, 3.8) is 0 Å². The standard InChI is InChI=1S/C9H9O4P.C2H6O2/c10-9(11)6-7-13-14(12)8-4-2-1-3-5-8;3-1-2-4/h1-5H,6-7H2;3-4H,1-2H2/p+1. The van der Waals surface area contributed by atoms with Gasteiger partial charge in [-0.1, -0.05) is 18.2 Å². The number of carboxylic acids is 1. The van der Waals surface area contributed by atoms with E-state index in [0.717, 1.165) is 0 Å². The van der Waals surface area contributed by atoms with Gasteiger partial charge >= 0.3 is 14.0 Å². The van der Waals surface area contributed by atoms with Crippen molar-refractivity contribution in [3.8, 4) is 0 Å². The molecule has 1 aromatic carbocycles. The van der Waals surface area contributed by atoms with Crippen molar-refractivity contribution in [2.45, 2.75) is 6.42 Å². The molecule has 1 atom stereocenters. The molecule has 0 amide bonds. The maximum absolute atomic E-state index is 11.4. The molecule has 1 unspecified atom stereocenters. The molecule has 3 N–H and O–H groups in total. The Balaban J connectivity index is 0.000000631. The molecule has 100 valence electrons. The van der Waals surface area contributed by atoms with Crippen LogP contribution in [0.4, 0.5) is 0 Å². The molecule has 0 saturated heterocycles. The summed E-state index contributed by atoms with van der Waals surface area (Å²) in [5, 5.41) is 24.1. The molecule has 1 aromatic rings. The predicted octanol–water partition coefficient (Wildman–Crippen LogP) is 0.517. The van der Waals surface area contributed by atoms with Crippen LogP contribution in [0.1, 0.15) is 6.42 Å². The highest BCUT2D eigenvalue weighted by Gasteiger charge is 2.21. The molecule has 7 heteroatoms. The number of carbonyl (C=O) groups is 1. The molecule has 6 nitrogen and oxygen atoms in total. The second kappa shape index (κ2) is 10.8. The molecular formula is C11H16O6P+. The van der Waals surface area contributed by atoms with Crippen LogP contribution in [-0.2, 0) is 13.9 Å². The summed E-state index contributed by atoms with van der Waals surface area (Å²) in [7, 11) is -1.92. The van der Waals surface area contributed by atoms with Crippen LogP contribution < -0.4 is 5.30 Å². The second-order valence-corrected chi connectivity index (χ2v) is 4.31. The van der Waals surface area contributed by atoms with Gasteiger partial charge < -0.3 is 15.3 Å². The smallest absolute Gasteiger partial charge is 0.481 e. The third kappa shape index (κ3) is 8.78. The fourth-order valence-corrected chi connectivity index (χ4v) is 1.66. The highest BCUT2D eigenvalue weighted by molar-refractivity contribution is 7.48. The zero-order chi connectivity index (χ0) is 13.8. The number of aliphatic hydroxyl groups excluding tert-OH is 2. The first-order valence-electron chi connectivity index (χ1n) is 5.20. The Labute approximate surface area is 106 Å². The number of aliphatic carboxylic acids is 1. The Morgan fingerprint density at radius 3 is 2.17 bits per heavy atom. The van der Waals surface area contributed by atoms with Crippen molar-refractivity contribution in [2.24, 2.45) is 0 Å². The van der Waals surface area contributed by atoms with Crippen molar-refractivity contribution in [1.82, 2.24) is 0 Å². The maximum atomic E-state index is 11.4. The molecule has 0 fully saturated rings. The first-order chi connectivity index (χ1) is 8.61. The van der Waals surface area contributed by atoms with Crippen LogP contribution in [0.15, 0.2) is 30.3 Å². The van der Waals surface area contributed by atoms with E-state index in [2.05, 4.69) is 0 Å². The fraction of sp³-hybridized carbons (Fsp3) is 0.364. The molecule has 0 aromatic heterocycles. The predicted molar refractivity (Wildman–Crippen MR) is 66.1 cm³/mol. The van der Waals surface area contributed by atoms with E-state index in [9.17, 15) is 9.36 Å². The van der Waals surface area contributed by atoms with E-state index in [1.54, 1.807) is 24.3 Å². The van der Waals surface area contributed by atoms with E-state index in [0.29, 0.717) is 5.30 Å². The van der Waals surface area contributed by atoms with E-state index in [1.165, 1.54) is 0 Å². The van der Waals surface area contributed by atoms with Gasteiger partial charge in [-0.3, -0.25) is 4.79 Å². The molecule has 0 aliphatic heterocycles.